The fraction of sp³-hybridized carbons (Fsp3) is 0.188. The number of non-ortho nitro benzene ring substituents is 1. The third-order valence-corrected chi connectivity index (χ3v) is 4.16. The van der Waals surface area contributed by atoms with Gasteiger partial charge in [0.25, 0.3) is 5.69 Å². The van der Waals surface area contributed by atoms with Crippen molar-refractivity contribution in [3.63, 3.8) is 0 Å². The van der Waals surface area contributed by atoms with Crippen molar-refractivity contribution in [1.29, 1.82) is 0 Å². The molecule has 0 spiro atoms. The van der Waals surface area contributed by atoms with E-state index < -0.39 is 4.92 Å². The molecule has 0 aliphatic heterocycles. The lowest BCUT2D eigenvalue weighted by Crippen LogP contribution is -2.22. The zero-order valence-electron chi connectivity index (χ0n) is 12.3. The van der Waals surface area contributed by atoms with Crippen molar-refractivity contribution in [3.05, 3.63) is 64.2 Å². The molecule has 0 saturated heterocycles. The molecule has 6 heteroatoms. The minimum atomic E-state index is -0.471. The summed E-state index contributed by atoms with van der Waals surface area (Å²) in [4.78, 5) is 23.3. The van der Waals surface area contributed by atoms with Crippen LogP contribution in [0, 0.1) is 17.0 Å². The van der Waals surface area contributed by atoms with Gasteiger partial charge in [0, 0.05) is 22.7 Å². The molecular weight excluding hydrogens is 300 g/mol. The first-order valence-electron chi connectivity index (χ1n) is 6.74. The smallest absolute Gasteiger partial charge is 0.269 e. The van der Waals surface area contributed by atoms with Crippen LogP contribution in [0.5, 0.6) is 0 Å². The lowest BCUT2D eigenvalue weighted by molar-refractivity contribution is -0.384. The van der Waals surface area contributed by atoms with E-state index in [0.29, 0.717) is 5.69 Å². The Morgan fingerprint density at radius 2 is 1.73 bits per heavy atom. The van der Waals surface area contributed by atoms with Crippen LogP contribution in [0.4, 0.5) is 11.4 Å². The Hall–Kier alpha value is -2.34. The lowest BCUT2D eigenvalue weighted by Gasteiger charge is -2.12. The monoisotopic (exact) mass is 316 g/mol. The van der Waals surface area contributed by atoms with E-state index in [-0.39, 0.29) is 16.8 Å². The molecule has 0 aliphatic rings. The predicted molar refractivity (Wildman–Crippen MR) is 88.2 cm³/mol. The maximum Gasteiger partial charge on any atom is 0.269 e. The Balaban J connectivity index is 1.95. The first-order chi connectivity index (χ1) is 10.5. The summed E-state index contributed by atoms with van der Waals surface area (Å²) in [6, 6.07) is 13.8. The molecule has 114 valence electrons. The van der Waals surface area contributed by atoms with Gasteiger partial charge in [0.1, 0.15) is 0 Å². The van der Waals surface area contributed by atoms with E-state index in [9.17, 15) is 14.9 Å². The van der Waals surface area contributed by atoms with Crippen LogP contribution >= 0.6 is 11.8 Å². The molecule has 0 heterocycles. The third-order valence-electron chi connectivity index (χ3n) is 3.05. The first-order valence-corrected chi connectivity index (χ1v) is 7.62. The van der Waals surface area contributed by atoms with Crippen molar-refractivity contribution in [3.8, 4) is 0 Å². The highest BCUT2D eigenvalue weighted by Gasteiger charge is 2.15. The van der Waals surface area contributed by atoms with Crippen LogP contribution in [0.1, 0.15) is 12.5 Å². The Labute approximate surface area is 132 Å². The van der Waals surface area contributed by atoms with Crippen molar-refractivity contribution >= 4 is 29.0 Å². The number of carbonyl (C=O) groups excluding carboxylic acids is 1. The zero-order chi connectivity index (χ0) is 16.1. The number of benzene rings is 2. The van der Waals surface area contributed by atoms with Crippen LogP contribution in [-0.4, -0.2) is 16.1 Å². The number of thioether (sulfide) groups is 1. The Kier molecular flexibility index (Phi) is 5.16. The summed E-state index contributed by atoms with van der Waals surface area (Å²) in [6.45, 7) is 3.84. The molecule has 2 rings (SSSR count). The summed E-state index contributed by atoms with van der Waals surface area (Å²) in [6.07, 6.45) is 0. The standard InChI is InChI=1S/C16H16N2O3S/c1-11-3-9-15(10-4-11)22-12(2)16(19)17-13-5-7-14(8-6-13)18(20)21/h3-10,12H,1-2H3,(H,17,19). The number of rotatable bonds is 5. The highest BCUT2D eigenvalue weighted by atomic mass is 32.2. The average molecular weight is 316 g/mol. The van der Waals surface area contributed by atoms with Crippen molar-refractivity contribution in [2.45, 2.75) is 24.0 Å². The first kappa shape index (κ1) is 16.0. The molecule has 0 radical (unpaired) electrons. The number of nitrogens with zero attached hydrogens (tertiary/aromatic N) is 1. The molecule has 1 N–H and O–H groups in total. The van der Waals surface area contributed by atoms with Crippen LogP contribution < -0.4 is 5.32 Å². The molecule has 0 fully saturated rings. The highest BCUT2D eigenvalue weighted by molar-refractivity contribution is 8.00. The molecule has 1 amide bonds. The van der Waals surface area contributed by atoms with Gasteiger partial charge in [-0.3, -0.25) is 14.9 Å². The molecule has 0 bridgehead atoms. The molecule has 0 saturated carbocycles. The van der Waals surface area contributed by atoms with Crippen molar-refractivity contribution in [2.75, 3.05) is 5.32 Å². The summed E-state index contributed by atoms with van der Waals surface area (Å²) in [5.74, 6) is -0.139. The highest BCUT2D eigenvalue weighted by Crippen LogP contribution is 2.24. The Morgan fingerprint density at radius 1 is 1.14 bits per heavy atom. The number of amides is 1. The number of aryl methyl sites for hydroxylation is 1. The quantitative estimate of drug-likeness (QED) is 0.513. The van der Waals surface area contributed by atoms with E-state index in [0.717, 1.165) is 4.90 Å². The van der Waals surface area contributed by atoms with Crippen LogP contribution in [0.2, 0.25) is 0 Å². The number of nitrogens with one attached hydrogen (secondary N) is 1. The molecule has 5 nitrogen and oxygen atoms in total. The number of hydrogen-bond donors (Lipinski definition) is 1. The van der Waals surface area contributed by atoms with Gasteiger partial charge in [-0.25, -0.2) is 0 Å². The number of nitro groups is 1. The van der Waals surface area contributed by atoms with Crippen LogP contribution in [0.25, 0.3) is 0 Å². The number of carbonyl (C=O) groups is 1. The topological polar surface area (TPSA) is 72.2 Å². The van der Waals surface area contributed by atoms with E-state index in [4.69, 9.17) is 0 Å². The maximum absolute atomic E-state index is 12.1. The van der Waals surface area contributed by atoms with Gasteiger partial charge < -0.3 is 5.32 Å². The summed E-state index contributed by atoms with van der Waals surface area (Å²) in [5.41, 5.74) is 1.72. The van der Waals surface area contributed by atoms with E-state index in [1.165, 1.54) is 41.6 Å². The van der Waals surface area contributed by atoms with E-state index in [1.807, 2.05) is 38.1 Å². The zero-order valence-corrected chi connectivity index (χ0v) is 13.1. The summed E-state index contributed by atoms with van der Waals surface area (Å²) < 4.78 is 0. The number of anilines is 1. The summed E-state index contributed by atoms with van der Waals surface area (Å²) >= 11 is 1.47. The van der Waals surface area contributed by atoms with Gasteiger partial charge in [0.05, 0.1) is 10.2 Å². The number of hydrogen-bond acceptors (Lipinski definition) is 4. The van der Waals surface area contributed by atoms with Crippen LogP contribution in [-0.2, 0) is 4.79 Å². The van der Waals surface area contributed by atoms with Gasteiger partial charge in [0.2, 0.25) is 5.91 Å². The van der Waals surface area contributed by atoms with Gasteiger partial charge in [-0.15, -0.1) is 11.8 Å². The Bertz CT molecular complexity index is 669. The maximum atomic E-state index is 12.1. The molecule has 2 aromatic rings. The second kappa shape index (κ2) is 7.09. The second-order valence-electron chi connectivity index (χ2n) is 4.87. The third kappa shape index (κ3) is 4.33. The molecule has 0 aromatic heterocycles. The minimum absolute atomic E-state index is 0.0000721. The SMILES string of the molecule is Cc1ccc(SC(C)C(=O)Nc2ccc([N+](=O)[O-])cc2)cc1. The lowest BCUT2D eigenvalue weighted by atomic mass is 10.2. The second-order valence-corrected chi connectivity index (χ2v) is 6.28. The summed E-state index contributed by atoms with van der Waals surface area (Å²) in [5, 5.41) is 13.1. The van der Waals surface area contributed by atoms with E-state index in [1.54, 1.807) is 0 Å². The van der Waals surface area contributed by atoms with Gasteiger partial charge >= 0.3 is 0 Å². The van der Waals surface area contributed by atoms with Crippen molar-refractivity contribution < 1.29 is 9.72 Å². The summed E-state index contributed by atoms with van der Waals surface area (Å²) in [7, 11) is 0. The largest absolute Gasteiger partial charge is 0.325 e. The van der Waals surface area contributed by atoms with Crippen molar-refractivity contribution in [1.82, 2.24) is 0 Å². The van der Waals surface area contributed by atoms with Gasteiger partial charge in [-0.1, -0.05) is 17.7 Å². The van der Waals surface area contributed by atoms with E-state index in [2.05, 4.69) is 5.32 Å². The normalized spacial score (nSPS) is 11.7. The molecule has 0 aliphatic carbocycles. The predicted octanol–water partition coefficient (Wildman–Crippen LogP) is 4.02. The average Bonchev–Trinajstić information content (AvgIpc) is 2.50. The van der Waals surface area contributed by atoms with Crippen LogP contribution in [0.3, 0.4) is 0 Å². The van der Waals surface area contributed by atoms with Gasteiger partial charge in [-0.05, 0) is 38.1 Å². The van der Waals surface area contributed by atoms with Crippen LogP contribution in [0.15, 0.2) is 53.4 Å². The minimum Gasteiger partial charge on any atom is -0.325 e. The van der Waals surface area contributed by atoms with Crippen molar-refractivity contribution in [2.24, 2.45) is 0 Å². The van der Waals surface area contributed by atoms with E-state index >= 15 is 0 Å². The number of nitro benzene ring substituents is 1. The molecule has 1 unspecified atom stereocenters. The fourth-order valence-corrected chi connectivity index (χ4v) is 2.65. The molecule has 1 atom stereocenters. The van der Waals surface area contributed by atoms with Gasteiger partial charge in [0.15, 0.2) is 0 Å². The van der Waals surface area contributed by atoms with Gasteiger partial charge in [-0.2, -0.15) is 0 Å². The fourth-order valence-electron chi connectivity index (χ4n) is 1.78. The molecule has 22 heavy (non-hydrogen) atoms. The Morgan fingerprint density at radius 3 is 2.27 bits per heavy atom. The molecular formula is C16H16N2O3S. The molecule has 2 aromatic carbocycles.